The number of anilines is 2. The van der Waals surface area contributed by atoms with E-state index in [-0.39, 0.29) is 17.6 Å². The predicted octanol–water partition coefficient (Wildman–Crippen LogP) is 4.89. The van der Waals surface area contributed by atoms with Crippen LogP contribution >= 0.6 is 15.9 Å². The second kappa shape index (κ2) is 11.3. The molecular formula is C21H26BrN3O3. The Morgan fingerprint density at radius 2 is 1.54 bits per heavy atom. The van der Waals surface area contributed by atoms with Gasteiger partial charge in [0.15, 0.2) is 0 Å². The van der Waals surface area contributed by atoms with Crippen LogP contribution in [0.3, 0.4) is 0 Å². The monoisotopic (exact) mass is 447 g/mol. The first-order valence-corrected chi connectivity index (χ1v) is 10.1. The number of carbonyl (C=O) groups excluding carboxylic acids is 2. The molecule has 2 aromatic carbocycles. The van der Waals surface area contributed by atoms with E-state index in [1.165, 1.54) is 6.07 Å². The number of nitrogens with one attached hydrogen (secondary N) is 3. The second-order valence-corrected chi connectivity index (χ2v) is 7.42. The molecule has 0 spiro atoms. The highest BCUT2D eigenvalue weighted by molar-refractivity contribution is 9.10. The lowest BCUT2D eigenvalue weighted by Crippen LogP contribution is -2.29. The Hall–Kier alpha value is -2.54. The van der Waals surface area contributed by atoms with Gasteiger partial charge in [-0.2, -0.15) is 0 Å². The first-order valence-electron chi connectivity index (χ1n) is 9.35. The van der Waals surface area contributed by atoms with Crippen LogP contribution in [0.4, 0.5) is 11.4 Å². The largest absolute Gasteiger partial charge is 0.506 e. The zero-order valence-corrected chi connectivity index (χ0v) is 17.5. The van der Waals surface area contributed by atoms with Crippen LogP contribution in [0.15, 0.2) is 46.9 Å². The third-order valence-corrected chi connectivity index (χ3v) is 5.20. The van der Waals surface area contributed by atoms with Crippen LogP contribution in [0.5, 0.6) is 5.75 Å². The van der Waals surface area contributed by atoms with Crippen LogP contribution in [0.2, 0.25) is 0 Å². The van der Waals surface area contributed by atoms with Crippen molar-refractivity contribution in [1.82, 2.24) is 5.43 Å². The minimum absolute atomic E-state index is 0.0586. The van der Waals surface area contributed by atoms with E-state index in [0.717, 1.165) is 41.4 Å². The Kier molecular flexibility index (Phi) is 8.81. The normalized spacial score (nSPS) is 10.4. The summed E-state index contributed by atoms with van der Waals surface area (Å²) in [6.07, 6.45) is 4.10. The molecule has 0 aliphatic carbocycles. The molecule has 0 aromatic heterocycles. The fourth-order valence-electron chi connectivity index (χ4n) is 2.66. The SMILES string of the molecule is Cc1c(Br)cccc1NNC(=O)CCCCCCC(=O)Nc1ccccc1O. The lowest BCUT2D eigenvalue weighted by Gasteiger charge is -2.12. The van der Waals surface area contributed by atoms with E-state index in [2.05, 4.69) is 32.1 Å². The zero-order valence-electron chi connectivity index (χ0n) is 15.9. The molecule has 0 radical (unpaired) electrons. The number of benzene rings is 2. The number of phenolic OH excluding ortho intramolecular Hbond substituents is 1. The maximum absolute atomic E-state index is 11.9. The Labute approximate surface area is 173 Å². The molecule has 2 aromatic rings. The van der Waals surface area contributed by atoms with Gasteiger partial charge in [0.2, 0.25) is 11.8 Å². The quantitative estimate of drug-likeness (QED) is 0.237. The van der Waals surface area contributed by atoms with Crippen molar-refractivity contribution in [2.24, 2.45) is 0 Å². The van der Waals surface area contributed by atoms with E-state index in [1.54, 1.807) is 18.2 Å². The summed E-state index contributed by atoms with van der Waals surface area (Å²) in [5, 5.41) is 12.3. The highest BCUT2D eigenvalue weighted by Gasteiger charge is 2.06. The topological polar surface area (TPSA) is 90.5 Å². The van der Waals surface area contributed by atoms with Crippen molar-refractivity contribution in [3.63, 3.8) is 0 Å². The number of carbonyl (C=O) groups is 2. The first-order chi connectivity index (χ1) is 13.5. The zero-order chi connectivity index (χ0) is 20.4. The van der Waals surface area contributed by atoms with Gasteiger partial charge in [0.25, 0.3) is 0 Å². The van der Waals surface area contributed by atoms with E-state index < -0.39 is 0 Å². The van der Waals surface area contributed by atoms with Gasteiger partial charge >= 0.3 is 0 Å². The fourth-order valence-corrected chi connectivity index (χ4v) is 3.03. The molecule has 0 fully saturated rings. The third kappa shape index (κ3) is 7.23. The van der Waals surface area contributed by atoms with E-state index in [1.807, 2.05) is 25.1 Å². The minimum atomic E-state index is -0.118. The maximum Gasteiger partial charge on any atom is 0.238 e. The highest BCUT2D eigenvalue weighted by atomic mass is 79.9. The number of unbranched alkanes of at least 4 members (excludes halogenated alkanes) is 3. The van der Waals surface area contributed by atoms with Gasteiger partial charge in [-0.3, -0.25) is 20.4 Å². The summed E-state index contributed by atoms with van der Waals surface area (Å²) in [5.41, 5.74) is 7.98. The Morgan fingerprint density at radius 3 is 2.25 bits per heavy atom. The van der Waals surface area contributed by atoms with Crippen molar-refractivity contribution >= 4 is 39.1 Å². The van der Waals surface area contributed by atoms with Crippen LogP contribution in [0.1, 0.15) is 44.1 Å². The summed E-state index contributed by atoms with van der Waals surface area (Å²) >= 11 is 3.46. The molecule has 0 heterocycles. The Balaban J connectivity index is 1.55. The van der Waals surface area contributed by atoms with Gasteiger partial charge in [-0.1, -0.05) is 47.0 Å². The third-order valence-electron chi connectivity index (χ3n) is 4.34. The van der Waals surface area contributed by atoms with E-state index >= 15 is 0 Å². The van der Waals surface area contributed by atoms with Crippen LogP contribution in [-0.4, -0.2) is 16.9 Å². The number of para-hydroxylation sites is 2. The van der Waals surface area contributed by atoms with Crippen molar-refractivity contribution in [3.8, 4) is 5.75 Å². The van der Waals surface area contributed by atoms with E-state index in [9.17, 15) is 14.7 Å². The van der Waals surface area contributed by atoms with Gasteiger partial charge in [-0.25, -0.2) is 0 Å². The second-order valence-electron chi connectivity index (χ2n) is 6.57. The number of amides is 2. The van der Waals surface area contributed by atoms with Gasteiger partial charge in [0, 0.05) is 17.3 Å². The Bertz CT molecular complexity index is 811. The number of rotatable bonds is 10. The molecule has 0 saturated carbocycles. The molecule has 150 valence electrons. The predicted molar refractivity (Wildman–Crippen MR) is 115 cm³/mol. The molecule has 4 N–H and O–H groups in total. The Morgan fingerprint density at radius 1 is 0.893 bits per heavy atom. The fraction of sp³-hybridized carbons (Fsp3) is 0.333. The maximum atomic E-state index is 11.9. The van der Waals surface area contributed by atoms with Crippen molar-refractivity contribution in [1.29, 1.82) is 0 Å². The molecular weight excluding hydrogens is 422 g/mol. The molecule has 0 bridgehead atoms. The summed E-state index contributed by atoms with van der Waals surface area (Å²) in [6, 6.07) is 12.4. The molecule has 6 nitrogen and oxygen atoms in total. The number of halogens is 1. The standard InChI is InChI=1S/C21H26BrN3O3/c1-15-16(22)9-8-11-17(15)24-25-21(28)14-5-3-2-4-13-20(27)23-18-10-6-7-12-19(18)26/h6-12,24,26H,2-5,13-14H2,1H3,(H,23,27)(H,25,28). The summed E-state index contributed by atoms with van der Waals surface area (Å²) in [7, 11) is 0. The molecule has 0 atom stereocenters. The number of hydrazine groups is 1. The van der Waals surface area contributed by atoms with E-state index in [4.69, 9.17) is 0 Å². The van der Waals surface area contributed by atoms with E-state index in [0.29, 0.717) is 18.5 Å². The van der Waals surface area contributed by atoms with Gasteiger partial charge < -0.3 is 10.4 Å². The molecule has 2 rings (SSSR count). The average molecular weight is 448 g/mol. The number of aromatic hydroxyl groups is 1. The summed E-state index contributed by atoms with van der Waals surface area (Å²) < 4.78 is 0.985. The average Bonchev–Trinajstić information content (AvgIpc) is 2.67. The van der Waals surface area contributed by atoms with Crippen LogP contribution in [-0.2, 0) is 9.59 Å². The minimum Gasteiger partial charge on any atom is -0.506 e. The summed E-state index contributed by atoms with van der Waals surface area (Å²) in [6.45, 7) is 1.97. The lowest BCUT2D eigenvalue weighted by molar-refractivity contribution is -0.120. The van der Waals surface area contributed by atoms with Gasteiger partial charge in [-0.05, 0) is 49.6 Å². The van der Waals surface area contributed by atoms with Crippen molar-refractivity contribution < 1.29 is 14.7 Å². The molecule has 7 heteroatoms. The first kappa shape index (κ1) is 21.8. The van der Waals surface area contributed by atoms with Gasteiger partial charge in [-0.15, -0.1) is 0 Å². The lowest BCUT2D eigenvalue weighted by atomic mass is 10.1. The van der Waals surface area contributed by atoms with Gasteiger partial charge in [0.05, 0.1) is 11.4 Å². The van der Waals surface area contributed by atoms with Crippen molar-refractivity contribution in [2.45, 2.75) is 45.4 Å². The molecule has 0 saturated heterocycles. The van der Waals surface area contributed by atoms with Gasteiger partial charge in [0.1, 0.15) is 5.75 Å². The van der Waals surface area contributed by atoms with Crippen LogP contribution in [0, 0.1) is 6.92 Å². The molecule has 2 amide bonds. The summed E-state index contributed by atoms with van der Waals surface area (Å²) in [5.74, 6) is -0.113. The molecule has 28 heavy (non-hydrogen) atoms. The number of hydrogen-bond donors (Lipinski definition) is 4. The number of hydrogen-bond acceptors (Lipinski definition) is 4. The van der Waals surface area contributed by atoms with Crippen LogP contribution in [0.25, 0.3) is 0 Å². The molecule has 0 aliphatic rings. The number of phenols is 1. The highest BCUT2D eigenvalue weighted by Crippen LogP contribution is 2.23. The smallest absolute Gasteiger partial charge is 0.238 e. The summed E-state index contributed by atoms with van der Waals surface area (Å²) in [4.78, 5) is 23.8. The van der Waals surface area contributed by atoms with Crippen molar-refractivity contribution in [2.75, 3.05) is 10.7 Å². The van der Waals surface area contributed by atoms with Crippen molar-refractivity contribution in [3.05, 3.63) is 52.5 Å². The van der Waals surface area contributed by atoms with Crippen LogP contribution < -0.4 is 16.2 Å². The molecule has 0 unspecified atom stereocenters. The molecule has 0 aliphatic heterocycles.